The summed E-state index contributed by atoms with van der Waals surface area (Å²) in [6, 6.07) is 7.91. The van der Waals surface area contributed by atoms with Gasteiger partial charge in [0, 0.05) is 18.8 Å². The number of nitrogens with two attached hydrogens (primary N) is 1. The van der Waals surface area contributed by atoms with E-state index in [1.807, 2.05) is 0 Å². The maximum atomic E-state index is 14.1. The van der Waals surface area contributed by atoms with Crippen LogP contribution in [-0.2, 0) is 10.3 Å². The standard InChI is InChI=1S/C19H20FN5O3/c1-19(9-15(26)25(2)18(21)24-19)11-5-4-6-12(7-11)23-17(27)16-14(20)8-13(28-3)10-22-16/h4-8,10H,9H2,1-3H3,(H2,21,24)(H,23,27). The van der Waals surface area contributed by atoms with Gasteiger partial charge in [0.15, 0.2) is 17.5 Å². The number of aromatic nitrogens is 1. The Kier molecular flexibility index (Phi) is 5.00. The molecule has 1 aliphatic rings. The highest BCUT2D eigenvalue weighted by Gasteiger charge is 2.36. The molecule has 1 atom stereocenters. The lowest BCUT2D eigenvalue weighted by Crippen LogP contribution is -2.47. The maximum absolute atomic E-state index is 14.1. The lowest BCUT2D eigenvalue weighted by Gasteiger charge is -2.33. The van der Waals surface area contributed by atoms with E-state index in [4.69, 9.17) is 10.5 Å². The zero-order chi connectivity index (χ0) is 20.5. The van der Waals surface area contributed by atoms with E-state index in [1.54, 1.807) is 38.2 Å². The van der Waals surface area contributed by atoms with Crippen LogP contribution in [0.5, 0.6) is 5.75 Å². The van der Waals surface area contributed by atoms with Gasteiger partial charge in [-0.25, -0.2) is 14.4 Å². The molecule has 3 rings (SSSR count). The summed E-state index contributed by atoms with van der Waals surface area (Å²) in [5.41, 5.74) is 5.74. The van der Waals surface area contributed by atoms with Gasteiger partial charge in [-0.1, -0.05) is 12.1 Å². The lowest BCUT2D eigenvalue weighted by atomic mass is 9.87. The van der Waals surface area contributed by atoms with Crippen molar-refractivity contribution in [1.29, 1.82) is 0 Å². The summed E-state index contributed by atoms with van der Waals surface area (Å²) in [5.74, 6) is -1.32. The average Bonchev–Trinajstić information content (AvgIpc) is 2.66. The molecule has 0 bridgehead atoms. The van der Waals surface area contributed by atoms with Gasteiger partial charge in [0.25, 0.3) is 5.91 Å². The Morgan fingerprint density at radius 3 is 2.79 bits per heavy atom. The molecule has 2 amide bonds. The van der Waals surface area contributed by atoms with Crippen molar-refractivity contribution in [1.82, 2.24) is 9.88 Å². The number of carbonyl (C=O) groups is 2. The van der Waals surface area contributed by atoms with Gasteiger partial charge in [0.05, 0.1) is 25.3 Å². The van der Waals surface area contributed by atoms with Crippen molar-refractivity contribution in [2.75, 3.05) is 19.5 Å². The highest BCUT2D eigenvalue weighted by Crippen LogP contribution is 2.34. The molecule has 0 spiro atoms. The number of nitrogens with one attached hydrogen (secondary N) is 1. The third-order valence-electron chi connectivity index (χ3n) is 4.58. The minimum absolute atomic E-state index is 0.123. The molecule has 0 aliphatic carbocycles. The van der Waals surface area contributed by atoms with Crippen molar-refractivity contribution in [2.45, 2.75) is 18.9 Å². The van der Waals surface area contributed by atoms with E-state index < -0.39 is 17.3 Å². The Morgan fingerprint density at radius 1 is 1.39 bits per heavy atom. The van der Waals surface area contributed by atoms with E-state index in [-0.39, 0.29) is 29.7 Å². The van der Waals surface area contributed by atoms with Crippen LogP contribution in [0.4, 0.5) is 10.1 Å². The van der Waals surface area contributed by atoms with Crippen LogP contribution < -0.4 is 15.8 Å². The van der Waals surface area contributed by atoms with Crippen molar-refractivity contribution in [3.05, 3.63) is 53.6 Å². The number of halogens is 1. The minimum Gasteiger partial charge on any atom is -0.495 e. The van der Waals surface area contributed by atoms with Crippen LogP contribution in [0, 0.1) is 5.82 Å². The second-order valence-electron chi connectivity index (χ2n) is 6.61. The van der Waals surface area contributed by atoms with Gasteiger partial charge in [-0.15, -0.1) is 0 Å². The van der Waals surface area contributed by atoms with E-state index in [2.05, 4.69) is 15.3 Å². The van der Waals surface area contributed by atoms with Gasteiger partial charge >= 0.3 is 0 Å². The van der Waals surface area contributed by atoms with Gasteiger partial charge in [0.1, 0.15) is 5.75 Å². The zero-order valence-electron chi connectivity index (χ0n) is 15.7. The minimum atomic E-state index is -0.863. The van der Waals surface area contributed by atoms with E-state index in [1.165, 1.54) is 18.2 Å². The Bertz CT molecular complexity index is 978. The molecule has 28 heavy (non-hydrogen) atoms. The summed E-state index contributed by atoms with van der Waals surface area (Å²) < 4.78 is 18.9. The number of benzene rings is 1. The Hall–Kier alpha value is -3.49. The number of aliphatic imine (C=N–C) groups is 1. The average molecular weight is 385 g/mol. The normalized spacial score (nSPS) is 19.2. The lowest BCUT2D eigenvalue weighted by molar-refractivity contribution is -0.128. The van der Waals surface area contributed by atoms with Gasteiger partial charge in [0.2, 0.25) is 5.91 Å². The van der Waals surface area contributed by atoms with Crippen molar-refractivity contribution < 1.29 is 18.7 Å². The molecule has 0 saturated heterocycles. The number of pyridine rings is 1. The number of hydrogen-bond donors (Lipinski definition) is 2. The fourth-order valence-electron chi connectivity index (χ4n) is 2.90. The first-order valence-electron chi connectivity index (χ1n) is 8.47. The van der Waals surface area contributed by atoms with Crippen molar-refractivity contribution >= 4 is 23.5 Å². The molecular weight excluding hydrogens is 365 g/mol. The summed E-state index contributed by atoms with van der Waals surface area (Å²) in [4.78, 5) is 34.1. The Balaban J connectivity index is 1.86. The molecule has 1 aromatic heterocycles. The third-order valence-corrected chi connectivity index (χ3v) is 4.58. The number of hydrogen-bond acceptors (Lipinski definition) is 6. The van der Waals surface area contributed by atoms with Crippen molar-refractivity contribution in [3.8, 4) is 5.75 Å². The van der Waals surface area contributed by atoms with Gasteiger partial charge in [-0.05, 0) is 24.6 Å². The zero-order valence-corrected chi connectivity index (χ0v) is 15.7. The molecule has 0 radical (unpaired) electrons. The van der Waals surface area contributed by atoms with Gasteiger partial charge < -0.3 is 15.8 Å². The molecule has 146 valence electrons. The largest absolute Gasteiger partial charge is 0.495 e. The van der Waals surface area contributed by atoms with Crippen LogP contribution in [0.3, 0.4) is 0 Å². The van der Waals surface area contributed by atoms with Crippen LogP contribution in [0.1, 0.15) is 29.4 Å². The smallest absolute Gasteiger partial charge is 0.277 e. The summed E-state index contributed by atoms with van der Waals surface area (Å²) >= 11 is 0. The monoisotopic (exact) mass is 385 g/mol. The molecule has 9 heteroatoms. The molecule has 0 saturated carbocycles. The molecule has 1 unspecified atom stereocenters. The quantitative estimate of drug-likeness (QED) is 0.835. The first-order chi connectivity index (χ1) is 13.2. The summed E-state index contributed by atoms with van der Waals surface area (Å²) in [6.07, 6.45) is 1.40. The van der Waals surface area contributed by atoms with Crippen LogP contribution in [-0.4, -0.2) is 41.8 Å². The van der Waals surface area contributed by atoms with E-state index >= 15 is 0 Å². The van der Waals surface area contributed by atoms with Crippen LogP contribution >= 0.6 is 0 Å². The molecule has 8 nitrogen and oxygen atoms in total. The number of carbonyl (C=O) groups excluding carboxylic acids is 2. The van der Waals surface area contributed by atoms with Crippen LogP contribution in [0.15, 0.2) is 41.5 Å². The highest BCUT2D eigenvalue weighted by molar-refractivity contribution is 6.03. The molecule has 2 aromatic rings. The van der Waals surface area contributed by atoms with Crippen molar-refractivity contribution in [3.63, 3.8) is 0 Å². The Labute approximate surface area is 161 Å². The van der Waals surface area contributed by atoms with Crippen molar-refractivity contribution in [2.24, 2.45) is 10.7 Å². The highest BCUT2D eigenvalue weighted by atomic mass is 19.1. The molecular formula is C19H20FN5O3. The number of ether oxygens (including phenoxy) is 1. The molecule has 1 aromatic carbocycles. The first-order valence-corrected chi connectivity index (χ1v) is 8.47. The van der Waals surface area contributed by atoms with Gasteiger partial charge in [-0.3, -0.25) is 14.5 Å². The second kappa shape index (κ2) is 7.26. The molecule has 0 fully saturated rings. The first kappa shape index (κ1) is 19.3. The topological polar surface area (TPSA) is 110 Å². The number of anilines is 1. The van der Waals surface area contributed by atoms with Crippen LogP contribution in [0.2, 0.25) is 0 Å². The molecule has 1 aliphatic heterocycles. The predicted molar refractivity (Wildman–Crippen MR) is 102 cm³/mol. The fraction of sp³-hybridized carbons (Fsp3) is 0.263. The predicted octanol–water partition coefficient (Wildman–Crippen LogP) is 1.87. The number of nitrogens with zero attached hydrogens (tertiary/aromatic N) is 3. The second-order valence-corrected chi connectivity index (χ2v) is 6.61. The summed E-state index contributed by atoms with van der Waals surface area (Å²) in [5, 5.41) is 2.61. The third kappa shape index (κ3) is 3.64. The van der Waals surface area contributed by atoms with E-state index in [9.17, 15) is 14.0 Å². The number of guanidine groups is 1. The molecule has 2 heterocycles. The van der Waals surface area contributed by atoms with Crippen LogP contribution in [0.25, 0.3) is 0 Å². The maximum Gasteiger partial charge on any atom is 0.277 e. The van der Waals surface area contributed by atoms with E-state index in [0.717, 1.165) is 6.07 Å². The fourth-order valence-corrected chi connectivity index (χ4v) is 2.90. The number of amides is 2. The van der Waals surface area contributed by atoms with Gasteiger partial charge in [-0.2, -0.15) is 0 Å². The number of rotatable bonds is 4. The Morgan fingerprint density at radius 2 is 2.14 bits per heavy atom. The molecule has 3 N–H and O–H groups in total. The number of methoxy groups -OCH3 is 1. The summed E-state index contributed by atoms with van der Waals surface area (Å²) in [6.45, 7) is 1.79. The van der Waals surface area contributed by atoms with E-state index in [0.29, 0.717) is 11.3 Å². The SMILES string of the molecule is COc1cnc(C(=O)Nc2cccc(C3(C)CC(=O)N(C)C(N)=N3)c2)c(F)c1. The summed E-state index contributed by atoms with van der Waals surface area (Å²) in [7, 11) is 2.94.